The van der Waals surface area contributed by atoms with Crippen molar-refractivity contribution in [1.29, 1.82) is 0 Å². The summed E-state index contributed by atoms with van der Waals surface area (Å²) in [6.45, 7) is 5.46. The van der Waals surface area contributed by atoms with Gasteiger partial charge < -0.3 is 14.9 Å². The summed E-state index contributed by atoms with van der Waals surface area (Å²) in [5.74, 6) is 0.0568. The van der Waals surface area contributed by atoms with Crippen LogP contribution in [0.5, 0.6) is 0 Å². The molecule has 25 heavy (non-hydrogen) atoms. The van der Waals surface area contributed by atoms with Gasteiger partial charge in [-0.3, -0.25) is 4.79 Å². The van der Waals surface area contributed by atoms with Crippen LogP contribution >= 0.6 is 0 Å². The van der Waals surface area contributed by atoms with Gasteiger partial charge >= 0.3 is 0 Å². The van der Waals surface area contributed by atoms with Crippen molar-refractivity contribution in [2.75, 3.05) is 18.0 Å². The van der Waals surface area contributed by atoms with Crippen molar-refractivity contribution in [3.8, 4) is 0 Å². The summed E-state index contributed by atoms with van der Waals surface area (Å²) in [5.41, 5.74) is 1.68. The van der Waals surface area contributed by atoms with Crippen molar-refractivity contribution in [3.63, 3.8) is 0 Å². The van der Waals surface area contributed by atoms with Gasteiger partial charge in [0.25, 0.3) is 0 Å². The van der Waals surface area contributed by atoms with E-state index in [2.05, 4.69) is 17.0 Å². The number of aliphatic hydroxyl groups excluding tert-OH is 1. The molecule has 2 aromatic rings. The highest BCUT2D eigenvalue weighted by molar-refractivity contribution is 5.82. The average molecular weight is 338 g/mol. The average Bonchev–Trinajstić information content (AvgIpc) is 2.89. The Morgan fingerprint density at radius 2 is 1.72 bits per heavy atom. The Bertz CT molecular complexity index is 700. The Morgan fingerprint density at radius 1 is 1.12 bits per heavy atom. The fraction of sp³-hybridized carbons (Fsp3) is 0.381. The van der Waals surface area contributed by atoms with Gasteiger partial charge in [0.05, 0.1) is 18.2 Å². The molecular weight excluding hydrogens is 312 g/mol. The minimum Gasteiger partial charge on any atom is -0.391 e. The normalized spacial score (nSPS) is 19.0. The molecule has 4 heteroatoms. The highest BCUT2D eigenvalue weighted by Crippen LogP contribution is 2.29. The van der Waals surface area contributed by atoms with Crippen LogP contribution < -0.4 is 4.90 Å². The lowest BCUT2D eigenvalue weighted by Crippen LogP contribution is -2.51. The number of nitrogens with zero attached hydrogens (tertiary/aromatic N) is 2. The molecule has 1 amide bonds. The van der Waals surface area contributed by atoms with Gasteiger partial charge in [-0.1, -0.05) is 48.5 Å². The predicted molar refractivity (Wildman–Crippen MR) is 100 cm³/mol. The van der Waals surface area contributed by atoms with Crippen LogP contribution in [0.3, 0.4) is 0 Å². The first kappa shape index (κ1) is 17.5. The zero-order chi connectivity index (χ0) is 17.9. The second kappa shape index (κ2) is 7.28. The molecule has 1 aliphatic heterocycles. The number of carbonyl (C=O) groups is 1. The van der Waals surface area contributed by atoms with Gasteiger partial charge in [-0.25, -0.2) is 0 Å². The molecule has 0 spiro atoms. The maximum Gasteiger partial charge on any atom is 0.242 e. The predicted octanol–water partition coefficient (Wildman–Crippen LogP) is 3.07. The Morgan fingerprint density at radius 3 is 2.28 bits per heavy atom. The number of anilines is 1. The lowest BCUT2D eigenvalue weighted by atomic mass is 9.99. The first-order valence-corrected chi connectivity index (χ1v) is 8.81. The molecule has 4 nitrogen and oxygen atoms in total. The highest BCUT2D eigenvalue weighted by Gasteiger charge is 2.42. The molecule has 1 saturated heterocycles. The number of hydrogen-bond donors (Lipinski definition) is 1. The number of rotatable bonds is 5. The smallest absolute Gasteiger partial charge is 0.242 e. The number of hydrogen-bond acceptors (Lipinski definition) is 3. The number of amides is 1. The largest absolute Gasteiger partial charge is 0.391 e. The minimum atomic E-state index is -0.508. The third-order valence-corrected chi connectivity index (χ3v) is 5.10. The van der Waals surface area contributed by atoms with Crippen molar-refractivity contribution in [2.24, 2.45) is 0 Å². The van der Waals surface area contributed by atoms with Crippen LogP contribution in [0.1, 0.15) is 25.8 Å². The summed E-state index contributed by atoms with van der Waals surface area (Å²) in [7, 11) is 0. The molecule has 0 bridgehead atoms. The SMILES string of the molecule is CC1(C)[C@H](O)CCN1C(=O)CN(Cc1ccccc1)c1ccccc1. The second-order valence-corrected chi connectivity index (χ2v) is 7.18. The van der Waals surface area contributed by atoms with Crippen LogP contribution in [0.25, 0.3) is 0 Å². The van der Waals surface area contributed by atoms with E-state index in [1.54, 1.807) is 0 Å². The van der Waals surface area contributed by atoms with E-state index in [0.29, 0.717) is 26.1 Å². The van der Waals surface area contributed by atoms with E-state index in [9.17, 15) is 9.90 Å². The van der Waals surface area contributed by atoms with Gasteiger partial charge in [-0.05, 0) is 38.0 Å². The lowest BCUT2D eigenvalue weighted by Gasteiger charge is -2.36. The quantitative estimate of drug-likeness (QED) is 0.911. The second-order valence-electron chi connectivity index (χ2n) is 7.18. The number of likely N-dealkylation sites (tertiary alicyclic amines) is 1. The van der Waals surface area contributed by atoms with Gasteiger partial charge in [0.1, 0.15) is 0 Å². The van der Waals surface area contributed by atoms with Gasteiger partial charge in [0.2, 0.25) is 5.91 Å². The first-order valence-electron chi connectivity index (χ1n) is 8.81. The van der Waals surface area contributed by atoms with Crippen molar-refractivity contribution < 1.29 is 9.90 Å². The monoisotopic (exact) mass is 338 g/mol. The highest BCUT2D eigenvalue weighted by atomic mass is 16.3. The third kappa shape index (κ3) is 3.85. The molecule has 132 valence electrons. The van der Waals surface area contributed by atoms with E-state index in [0.717, 1.165) is 5.69 Å². The number of para-hydroxylation sites is 1. The van der Waals surface area contributed by atoms with Crippen LogP contribution in [-0.2, 0) is 11.3 Å². The van der Waals surface area contributed by atoms with E-state index in [-0.39, 0.29) is 5.91 Å². The molecule has 0 aliphatic carbocycles. The topological polar surface area (TPSA) is 43.8 Å². The Balaban J connectivity index is 1.79. The zero-order valence-corrected chi connectivity index (χ0v) is 14.9. The van der Waals surface area contributed by atoms with Crippen molar-refractivity contribution >= 4 is 11.6 Å². The molecule has 1 N–H and O–H groups in total. The first-order chi connectivity index (χ1) is 12.0. The summed E-state index contributed by atoms with van der Waals surface area (Å²) in [6.07, 6.45) is 0.179. The molecule has 2 aromatic carbocycles. The lowest BCUT2D eigenvalue weighted by molar-refractivity contribution is -0.134. The maximum absolute atomic E-state index is 13.0. The molecule has 0 saturated carbocycles. The Hall–Kier alpha value is -2.33. The fourth-order valence-electron chi connectivity index (χ4n) is 3.45. The summed E-state index contributed by atoms with van der Waals surface area (Å²) in [4.78, 5) is 16.9. The molecule has 3 rings (SSSR count). The molecule has 0 radical (unpaired) electrons. The molecular formula is C21H26N2O2. The van der Waals surface area contributed by atoms with E-state index in [4.69, 9.17) is 0 Å². The molecule has 1 heterocycles. The van der Waals surface area contributed by atoms with Crippen LogP contribution in [0, 0.1) is 0 Å². The summed E-state index contributed by atoms with van der Waals surface area (Å²) >= 11 is 0. The molecule has 1 atom stereocenters. The van der Waals surface area contributed by atoms with E-state index >= 15 is 0 Å². The third-order valence-electron chi connectivity index (χ3n) is 5.10. The van der Waals surface area contributed by atoms with Gasteiger partial charge in [0.15, 0.2) is 0 Å². The van der Waals surface area contributed by atoms with Crippen molar-refractivity contribution in [3.05, 3.63) is 66.2 Å². The molecule has 1 fully saturated rings. The fourth-order valence-corrected chi connectivity index (χ4v) is 3.45. The summed E-state index contributed by atoms with van der Waals surface area (Å²) in [5, 5.41) is 10.2. The number of benzene rings is 2. The van der Waals surface area contributed by atoms with Crippen LogP contribution in [0.4, 0.5) is 5.69 Å². The Kier molecular flexibility index (Phi) is 5.09. The van der Waals surface area contributed by atoms with Crippen molar-refractivity contribution in [1.82, 2.24) is 4.90 Å². The summed E-state index contributed by atoms with van der Waals surface area (Å²) in [6, 6.07) is 20.2. The number of carbonyl (C=O) groups excluding carboxylic acids is 1. The number of aliphatic hydroxyl groups is 1. The standard InChI is InChI=1S/C21H26N2O2/c1-21(2)19(24)13-14-23(21)20(25)16-22(18-11-7-4-8-12-18)15-17-9-5-3-6-10-17/h3-12,19,24H,13-16H2,1-2H3/t19-/m1/s1. The summed E-state index contributed by atoms with van der Waals surface area (Å²) < 4.78 is 0. The van der Waals surface area contributed by atoms with Gasteiger partial charge in [-0.2, -0.15) is 0 Å². The maximum atomic E-state index is 13.0. The van der Waals surface area contributed by atoms with E-state index < -0.39 is 11.6 Å². The van der Waals surface area contributed by atoms with Crippen LogP contribution in [0.2, 0.25) is 0 Å². The van der Waals surface area contributed by atoms with Crippen LogP contribution in [-0.4, -0.2) is 40.6 Å². The molecule has 1 aliphatic rings. The van der Waals surface area contributed by atoms with Gasteiger partial charge in [-0.15, -0.1) is 0 Å². The Labute approximate surface area is 149 Å². The van der Waals surface area contributed by atoms with E-state index in [1.807, 2.05) is 67.3 Å². The van der Waals surface area contributed by atoms with Gasteiger partial charge in [0, 0.05) is 18.8 Å². The van der Waals surface area contributed by atoms with Crippen molar-refractivity contribution in [2.45, 2.75) is 38.5 Å². The minimum absolute atomic E-state index is 0.0568. The zero-order valence-electron chi connectivity index (χ0n) is 14.9. The molecule has 0 unspecified atom stereocenters. The molecule has 0 aromatic heterocycles. The van der Waals surface area contributed by atoms with Crippen LogP contribution in [0.15, 0.2) is 60.7 Å². The van der Waals surface area contributed by atoms with E-state index in [1.165, 1.54) is 5.56 Å².